The molecular weight excluding hydrogens is 492 g/mol. The van der Waals surface area contributed by atoms with Crippen molar-refractivity contribution in [2.75, 3.05) is 13.2 Å². The number of aromatic amines is 1. The molecule has 7 nitrogen and oxygen atoms in total. The van der Waals surface area contributed by atoms with Crippen LogP contribution in [0.4, 0.5) is 0 Å². The number of nitrogens with one attached hydrogen (secondary N) is 1. The van der Waals surface area contributed by atoms with Gasteiger partial charge in [-0.15, -0.1) is 0 Å². The van der Waals surface area contributed by atoms with E-state index in [1.54, 1.807) is 24.3 Å². The van der Waals surface area contributed by atoms with Crippen LogP contribution in [0.1, 0.15) is 55.0 Å². The summed E-state index contributed by atoms with van der Waals surface area (Å²) in [5.41, 5.74) is 4.04. The number of ether oxygens (including phenoxy) is 1. The largest absolute Gasteiger partial charge is 0.508 e. The van der Waals surface area contributed by atoms with Gasteiger partial charge in [0.1, 0.15) is 17.3 Å². The van der Waals surface area contributed by atoms with E-state index in [9.17, 15) is 19.8 Å². The maximum absolute atomic E-state index is 13.5. The van der Waals surface area contributed by atoms with Crippen LogP contribution in [0, 0.1) is 0 Å². The summed E-state index contributed by atoms with van der Waals surface area (Å²) in [7, 11) is 0. The third-order valence-electron chi connectivity index (χ3n) is 7.25. The van der Waals surface area contributed by atoms with Crippen molar-refractivity contribution in [2.24, 2.45) is 0 Å². The average Bonchev–Trinajstić information content (AvgIpc) is 3.46. The van der Waals surface area contributed by atoms with Crippen molar-refractivity contribution in [1.82, 2.24) is 9.88 Å². The van der Waals surface area contributed by atoms with Gasteiger partial charge in [-0.2, -0.15) is 0 Å². The maximum Gasteiger partial charge on any atom is 0.295 e. The first-order valence-corrected chi connectivity index (χ1v) is 13.2. The minimum Gasteiger partial charge on any atom is -0.508 e. The lowest BCUT2D eigenvalue weighted by molar-refractivity contribution is -0.139. The molecule has 7 heteroatoms. The molecule has 200 valence electrons. The SMILES string of the molecule is CCOc1ccc(/C(O)=C2\C(=O)C(=O)N(CCc3c[nH]c4ccccc34)C2c2ccc(O)cc2)cc1C(C)C. The molecule has 4 aromatic rings. The van der Waals surface area contributed by atoms with Gasteiger partial charge in [-0.3, -0.25) is 9.59 Å². The number of phenols is 1. The van der Waals surface area contributed by atoms with Gasteiger partial charge in [-0.1, -0.05) is 44.2 Å². The van der Waals surface area contributed by atoms with Gasteiger partial charge < -0.3 is 24.8 Å². The van der Waals surface area contributed by atoms with E-state index < -0.39 is 17.7 Å². The molecule has 1 fully saturated rings. The minimum atomic E-state index is -0.801. The van der Waals surface area contributed by atoms with Crippen molar-refractivity contribution in [3.63, 3.8) is 0 Å². The molecule has 3 N–H and O–H groups in total. The number of hydrogen-bond acceptors (Lipinski definition) is 5. The Labute approximate surface area is 227 Å². The summed E-state index contributed by atoms with van der Waals surface area (Å²) in [5, 5.41) is 22.5. The van der Waals surface area contributed by atoms with Gasteiger partial charge in [-0.25, -0.2) is 0 Å². The molecule has 1 unspecified atom stereocenters. The van der Waals surface area contributed by atoms with E-state index in [-0.39, 0.29) is 29.5 Å². The lowest BCUT2D eigenvalue weighted by Gasteiger charge is -2.25. The number of nitrogens with zero attached hydrogens (tertiary/aromatic N) is 1. The van der Waals surface area contributed by atoms with Crippen molar-refractivity contribution >= 4 is 28.4 Å². The Bertz CT molecular complexity index is 1570. The number of fused-ring (bicyclic) bond motifs is 1. The number of benzene rings is 3. The summed E-state index contributed by atoms with van der Waals surface area (Å²) in [6.45, 7) is 6.75. The van der Waals surface area contributed by atoms with Crippen LogP contribution in [0.15, 0.2) is 78.5 Å². The number of carbonyl (C=O) groups excluding carboxylic acids is 2. The van der Waals surface area contributed by atoms with E-state index in [1.807, 2.05) is 57.3 Å². The third kappa shape index (κ3) is 4.88. The first kappa shape index (κ1) is 26.1. The summed E-state index contributed by atoms with van der Waals surface area (Å²) in [5.74, 6) is -0.716. The molecule has 1 amide bonds. The van der Waals surface area contributed by atoms with Crippen LogP contribution in [0.25, 0.3) is 16.7 Å². The zero-order valence-corrected chi connectivity index (χ0v) is 22.3. The van der Waals surface area contributed by atoms with Crippen molar-refractivity contribution in [2.45, 2.75) is 39.2 Å². The Morgan fingerprint density at radius 3 is 2.51 bits per heavy atom. The molecule has 1 aliphatic heterocycles. The number of Topliss-reactive ketones (excluding diaryl/α,β-unsaturated/α-hetero) is 1. The zero-order chi connectivity index (χ0) is 27.7. The average molecular weight is 525 g/mol. The lowest BCUT2D eigenvalue weighted by atomic mass is 9.93. The molecule has 0 bridgehead atoms. The first-order valence-electron chi connectivity index (χ1n) is 13.2. The number of carbonyl (C=O) groups is 2. The highest BCUT2D eigenvalue weighted by molar-refractivity contribution is 6.46. The standard InChI is InChI=1S/C32H32N2O5/c1-4-39-27-14-11-21(17-25(27)19(2)3)30(36)28-29(20-9-12-23(35)13-10-20)34(32(38)31(28)37)16-15-22-18-33-26-8-6-5-7-24(22)26/h5-14,17-19,29,33,35-36H,4,15-16H2,1-3H3/b30-28+. The zero-order valence-electron chi connectivity index (χ0n) is 22.3. The number of aliphatic hydroxyl groups excluding tert-OH is 1. The summed E-state index contributed by atoms with van der Waals surface area (Å²) >= 11 is 0. The van der Waals surface area contributed by atoms with Gasteiger partial charge in [0.2, 0.25) is 0 Å². The van der Waals surface area contributed by atoms with Crippen LogP contribution in [-0.4, -0.2) is 44.9 Å². The van der Waals surface area contributed by atoms with E-state index >= 15 is 0 Å². The lowest BCUT2D eigenvalue weighted by Crippen LogP contribution is -2.31. The van der Waals surface area contributed by atoms with Crippen molar-refractivity contribution < 1.29 is 24.5 Å². The molecule has 0 aliphatic carbocycles. The van der Waals surface area contributed by atoms with Crippen molar-refractivity contribution in [3.05, 3.63) is 101 Å². The predicted molar refractivity (Wildman–Crippen MR) is 151 cm³/mol. The minimum absolute atomic E-state index is 0.0310. The quantitative estimate of drug-likeness (QED) is 0.148. The number of H-pyrrole nitrogens is 1. The molecule has 3 aromatic carbocycles. The van der Waals surface area contributed by atoms with E-state index in [0.717, 1.165) is 27.8 Å². The second-order valence-electron chi connectivity index (χ2n) is 10.0. The smallest absolute Gasteiger partial charge is 0.295 e. The van der Waals surface area contributed by atoms with Gasteiger partial charge >= 0.3 is 0 Å². The fraction of sp³-hybridized carbons (Fsp3) is 0.250. The highest BCUT2D eigenvalue weighted by Crippen LogP contribution is 2.41. The van der Waals surface area contributed by atoms with Gasteiger partial charge in [0.15, 0.2) is 0 Å². The number of rotatable bonds is 8. The van der Waals surface area contributed by atoms with Crippen LogP contribution >= 0.6 is 0 Å². The summed E-state index contributed by atoms with van der Waals surface area (Å²) in [6.07, 6.45) is 2.44. The van der Waals surface area contributed by atoms with Gasteiger partial charge in [0, 0.05) is 29.2 Å². The highest BCUT2D eigenvalue weighted by Gasteiger charge is 2.46. The Kier molecular flexibility index (Phi) is 7.15. The number of ketones is 1. The number of para-hydroxylation sites is 1. The third-order valence-corrected chi connectivity index (χ3v) is 7.25. The van der Waals surface area contributed by atoms with Gasteiger partial charge in [0.25, 0.3) is 11.7 Å². The number of aromatic nitrogens is 1. The number of likely N-dealkylation sites (tertiary alicyclic amines) is 1. The maximum atomic E-state index is 13.5. The molecule has 1 aromatic heterocycles. The number of amides is 1. The molecule has 2 heterocycles. The highest BCUT2D eigenvalue weighted by atomic mass is 16.5. The summed E-state index contributed by atoms with van der Waals surface area (Å²) < 4.78 is 5.76. The van der Waals surface area contributed by atoms with Crippen LogP contribution in [0.5, 0.6) is 11.5 Å². The van der Waals surface area contributed by atoms with Crippen LogP contribution in [0.2, 0.25) is 0 Å². The molecular formula is C32H32N2O5. The Morgan fingerprint density at radius 1 is 1.05 bits per heavy atom. The van der Waals surface area contributed by atoms with Gasteiger partial charge in [0.05, 0.1) is 18.2 Å². The van der Waals surface area contributed by atoms with E-state index in [4.69, 9.17) is 4.74 Å². The van der Waals surface area contributed by atoms with Crippen LogP contribution < -0.4 is 4.74 Å². The van der Waals surface area contributed by atoms with E-state index in [1.165, 1.54) is 17.0 Å². The molecule has 0 radical (unpaired) electrons. The van der Waals surface area contributed by atoms with Gasteiger partial charge in [-0.05, 0) is 72.4 Å². The first-order chi connectivity index (χ1) is 18.8. The Balaban J connectivity index is 1.58. The fourth-order valence-corrected chi connectivity index (χ4v) is 5.28. The molecule has 1 saturated heterocycles. The molecule has 0 saturated carbocycles. The Hall–Kier alpha value is -4.52. The normalized spacial score (nSPS) is 16.9. The van der Waals surface area contributed by atoms with Crippen LogP contribution in [-0.2, 0) is 16.0 Å². The molecule has 5 rings (SSSR count). The second kappa shape index (κ2) is 10.7. The van der Waals surface area contributed by atoms with Crippen LogP contribution in [0.3, 0.4) is 0 Å². The monoisotopic (exact) mass is 524 g/mol. The summed E-state index contributed by atoms with van der Waals surface area (Å²) in [4.78, 5) is 31.6. The predicted octanol–water partition coefficient (Wildman–Crippen LogP) is 6.06. The molecule has 1 aliphatic rings. The molecule has 0 spiro atoms. The van der Waals surface area contributed by atoms with Crippen molar-refractivity contribution in [1.29, 1.82) is 0 Å². The molecule has 1 atom stereocenters. The number of aliphatic hydroxyl groups is 1. The van der Waals surface area contributed by atoms with E-state index in [0.29, 0.717) is 24.2 Å². The number of hydrogen-bond donors (Lipinski definition) is 3. The molecule has 39 heavy (non-hydrogen) atoms. The number of aromatic hydroxyl groups is 1. The second-order valence-corrected chi connectivity index (χ2v) is 10.0. The number of phenolic OH excluding ortho intramolecular Hbond substituents is 1. The Morgan fingerprint density at radius 2 is 1.79 bits per heavy atom. The summed E-state index contributed by atoms with van der Waals surface area (Å²) in [6, 6.07) is 18.8. The van der Waals surface area contributed by atoms with E-state index in [2.05, 4.69) is 4.98 Å². The van der Waals surface area contributed by atoms with Crippen molar-refractivity contribution in [3.8, 4) is 11.5 Å². The fourth-order valence-electron chi connectivity index (χ4n) is 5.28. The topological polar surface area (TPSA) is 103 Å².